The predicted molar refractivity (Wildman–Crippen MR) is 58.6 cm³/mol. The molecule has 0 atom stereocenters. The van der Waals surface area contributed by atoms with Crippen molar-refractivity contribution in [1.82, 2.24) is 0 Å². The van der Waals surface area contributed by atoms with E-state index in [9.17, 15) is 13.6 Å². The van der Waals surface area contributed by atoms with Crippen LogP contribution in [0.4, 0.5) is 8.78 Å². The van der Waals surface area contributed by atoms with Crippen molar-refractivity contribution in [1.29, 1.82) is 0 Å². The van der Waals surface area contributed by atoms with Crippen molar-refractivity contribution in [3.8, 4) is 0 Å². The summed E-state index contributed by atoms with van der Waals surface area (Å²) in [6.07, 6.45) is 1.98. The van der Waals surface area contributed by atoms with E-state index in [1.807, 2.05) is 6.92 Å². The number of rotatable bonds is 5. The van der Waals surface area contributed by atoms with E-state index >= 15 is 0 Å². The standard InChI is InChI=1S/C9H13F2IO2/c1-3-5-7(12)6-9(10,11)8(13)14-4-2/h6H,3-5H2,1-2H3. The Morgan fingerprint density at radius 3 is 2.50 bits per heavy atom. The second-order valence-electron chi connectivity index (χ2n) is 2.68. The number of ether oxygens (including phenoxy) is 1. The molecule has 0 amide bonds. The second kappa shape index (κ2) is 6.31. The van der Waals surface area contributed by atoms with Crippen LogP contribution in [0.2, 0.25) is 0 Å². The Hall–Kier alpha value is -0.200. The summed E-state index contributed by atoms with van der Waals surface area (Å²) in [4.78, 5) is 10.8. The molecule has 0 saturated heterocycles. The molecule has 0 spiro atoms. The number of carbonyl (C=O) groups is 1. The molecule has 14 heavy (non-hydrogen) atoms. The van der Waals surface area contributed by atoms with Gasteiger partial charge in [-0.2, -0.15) is 8.78 Å². The molecule has 0 heterocycles. The van der Waals surface area contributed by atoms with Gasteiger partial charge in [0.1, 0.15) is 0 Å². The Bertz CT molecular complexity index is 227. The maximum atomic E-state index is 13.0. The zero-order valence-corrected chi connectivity index (χ0v) is 10.3. The largest absolute Gasteiger partial charge is 0.461 e. The van der Waals surface area contributed by atoms with E-state index in [1.165, 1.54) is 6.92 Å². The van der Waals surface area contributed by atoms with Gasteiger partial charge >= 0.3 is 11.9 Å². The highest BCUT2D eigenvalue weighted by Gasteiger charge is 2.38. The first-order valence-corrected chi connectivity index (χ1v) is 5.44. The van der Waals surface area contributed by atoms with Crippen LogP contribution < -0.4 is 0 Å². The summed E-state index contributed by atoms with van der Waals surface area (Å²) in [7, 11) is 0. The summed E-state index contributed by atoms with van der Waals surface area (Å²) < 4.78 is 30.8. The molecule has 0 aliphatic carbocycles. The minimum absolute atomic E-state index is 0.0351. The lowest BCUT2D eigenvalue weighted by Crippen LogP contribution is -2.28. The Morgan fingerprint density at radius 2 is 2.07 bits per heavy atom. The second-order valence-corrected chi connectivity index (χ2v) is 4.07. The van der Waals surface area contributed by atoms with Crippen LogP contribution in [0, 0.1) is 0 Å². The number of hydrogen-bond donors (Lipinski definition) is 0. The van der Waals surface area contributed by atoms with Crippen molar-refractivity contribution in [3.63, 3.8) is 0 Å². The van der Waals surface area contributed by atoms with Gasteiger partial charge in [0.2, 0.25) is 0 Å². The monoisotopic (exact) mass is 318 g/mol. The molecule has 0 radical (unpaired) electrons. The van der Waals surface area contributed by atoms with Gasteiger partial charge in [0, 0.05) is 6.08 Å². The molecule has 0 unspecified atom stereocenters. The van der Waals surface area contributed by atoms with Gasteiger partial charge in [0.15, 0.2) is 0 Å². The fourth-order valence-corrected chi connectivity index (χ4v) is 1.72. The Kier molecular flexibility index (Phi) is 6.22. The first-order valence-electron chi connectivity index (χ1n) is 4.36. The highest BCUT2D eigenvalue weighted by Crippen LogP contribution is 2.24. The molecule has 5 heteroatoms. The summed E-state index contributed by atoms with van der Waals surface area (Å²) >= 11 is 1.80. The van der Waals surface area contributed by atoms with Gasteiger partial charge in [-0.1, -0.05) is 13.3 Å². The SMILES string of the molecule is CCCC(I)=CC(F)(F)C(=O)OCC. The normalized spacial score (nSPS) is 12.8. The summed E-state index contributed by atoms with van der Waals surface area (Å²) in [5, 5.41) is 0. The van der Waals surface area contributed by atoms with Gasteiger partial charge in [-0.05, 0) is 39.5 Å². The van der Waals surface area contributed by atoms with Crippen LogP contribution in [0.3, 0.4) is 0 Å². The van der Waals surface area contributed by atoms with Crippen molar-refractivity contribution in [2.75, 3.05) is 6.61 Å². The Morgan fingerprint density at radius 1 is 1.50 bits per heavy atom. The van der Waals surface area contributed by atoms with Crippen molar-refractivity contribution < 1.29 is 18.3 Å². The summed E-state index contributed by atoms with van der Waals surface area (Å²) in [5.74, 6) is -4.98. The van der Waals surface area contributed by atoms with Gasteiger partial charge in [-0.25, -0.2) is 4.79 Å². The van der Waals surface area contributed by atoms with E-state index < -0.39 is 11.9 Å². The Labute approximate surface area is 95.8 Å². The molecule has 0 aromatic heterocycles. The number of allylic oxidation sites excluding steroid dienone is 1. The molecule has 0 aliphatic heterocycles. The van der Waals surface area contributed by atoms with Crippen LogP contribution in [0.25, 0.3) is 0 Å². The lowest BCUT2D eigenvalue weighted by atomic mass is 10.2. The lowest BCUT2D eigenvalue weighted by Gasteiger charge is -2.10. The molecular formula is C9H13F2IO2. The first-order chi connectivity index (χ1) is 6.44. The first kappa shape index (κ1) is 13.8. The zero-order chi connectivity index (χ0) is 11.2. The molecule has 82 valence electrons. The van der Waals surface area contributed by atoms with Crippen molar-refractivity contribution in [3.05, 3.63) is 9.66 Å². The smallest absolute Gasteiger partial charge is 0.381 e. The van der Waals surface area contributed by atoms with Crippen molar-refractivity contribution in [2.45, 2.75) is 32.6 Å². The molecule has 0 rings (SSSR count). The average Bonchev–Trinajstić information content (AvgIpc) is 2.03. The highest BCUT2D eigenvalue weighted by atomic mass is 127. The van der Waals surface area contributed by atoms with Gasteiger partial charge in [-0.3, -0.25) is 0 Å². The minimum Gasteiger partial charge on any atom is -0.461 e. The number of carbonyl (C=O) groups excluding carboxylic acids is 1. The van der Waals surface area contributed by atoms with Crippen LogP contribution in [0.5, 0.6) is 0 Å². The van der Waals surface area contributed by atoms with Gasteiger partial charge in [0.25, 0.3) is 0 Å². The van der Waals surface area contributed by atoms with Gasteiger partial charge in [0.05, 0.1) is 6.61 Å². The number of esters is 1. The van der Waals surface area contributed by atoms with Crippen LogP contribution in [0.1, 0.15) is 26.7 Å². The maximum Gasteiger partial charge on any atom is 0.381 e. The van der Waals surface area contributed by atoms with Gasteiger partial charge < -0.3 is 4.74 Å². The molecule has 0 fully saturated rings. The van der Waals surface area contributed by atoms with Crippen molar-refractivity contribution in [2.24, 2.45) is 0 Å². The molecule has 0 saturated carbocycles. The van der Waals surface area contributed by atoms with Crippen LogP contribution in [-0.4, -0.2) is 18.5 Å². The molecule has 0 aliphatic rings. The predicted octanol–water partition coefficient (Wildman–Crippen LogP) is 3.30. The van der Waals surface area contributed by atoms with E-state index in [4.69, 9.17) is 0 Å². The van der Waals surface area contributed by atoms with E-state index in [0.29, 0.717) is 16.1 Å². The quantitative estimate of drug-likeness (QED) is 0.574. The van der Waals surface area contributed by atoms with E-state index in [2.05, 4.69) is 4.74 Å². The van der Waals surface area contributed by atoms with E-state index in [0.717, 1.165) is 6.42 Å². The molecule has 0 N–H and O–H groups in total. The molecule has 2 nitrogen and oxygen atoms in total. The fourth-order valence-electron chi connectivity index (χ4n) is 0.794. The van der Waals surface area contributed by atoms with E-state index in [-0.39, 0.29) is 6.61 Å². The topological polar surface area (TPSA) is 26.3 Å². The average molecular weight is 318 g/mol. The summed E-state index contributed by atoms with van der Waals surface area (Å²) in [5.41, 5.74) is 0. The number of alkyl halides is 2. The third kappa shape index (κ3) is 4.88. The molecule has 0 aromatic rings. The number of halogens is 3. The van der Waals surface area contributed by atoms with Crippen LogP contribution >= 0.6 is 22.6 Å². The minimum atomic E-state index is -3.50. The van der Waals surface area contributed by atoms with Crippen molar-refractivity contribution >= 4 is 28.6 Å². The van der Waals surface area contributed by atoms with Crippen LogP contribution in [0.15, 0.2) is 9.66 Å². The van der Waals surface area contributed by atoms with Crippen LogP contribution in [-0.2, 0) is 9.53 Å². The lowest BCUT2D eigenvalue weighted by molar-refractivity contribution is -0.164. The summed E-state index contributed by atoms with van der Waals surface area (Å²) in [6.45, 7) is 3.34. The highest BCUT2D eigenvalue weighted by molar-refractivity contribution is 14.1. The van der Waals surface area contributed by atoms with E-state index in [1.54, 1.807) is 22.6 Å². The molecular weight excluding hydrogens is 305 g/mol. The summed E-state index contributed by atoms with van der Waals surface area (Å²) in [6, 6.07) is 0. The maximum absolute atomic E-state index is 13.0. The zero-order valence-electron chi connectivity index (χ0n) is 8.15. The van der Waals surface area contributed by atoms with Gasteiger partial charge in [-0.15, -0.1) is 0 Å². The Balaban J connectivity index is 4.45. The fraction of sp³-hybridized carbons (Fsp3) is 0.667. The third-order valence-corrected chi connectivity index (χ3v) is 2.23. The molecule has 0 aromatic carbocycles. The molecule has 0 bridgehead atoms. The third-order valence-electron chi connectivity index (χ3n) is 1.37. The number of hydrogen-bond acceptors (Lipinski definition) is 2.